The summed E-state index contributed by atoms with van der Waals surface area (Å²) in [6.07, 6.45) is 2.77. The molecule has 0 saturated heterocycles. The lowest BCUT2D eigenvalue weighted by Gasteiger charge is -2.02. The summed E-state index contributed by atoms with van der Waals surface area (Å²) in [6.45, 7) is 0.306. The van der Waals surface area contributed by atoms with Crippen LogP contribution >= 0.6 is 15.9 Å². The van der Waals surface area contributed by atoms with E-state index in [4.69, 9.17) is 4.74 Å². The third kappa shape index (κ3) is 8.71. The molecule has 0 atom stereocenters. The third-order valence-corrected chi connectivity index (χ3v) is 3.95. The monoisotopic (exact) mass is 272 g/mol. The Hall–Kier alpha value is 0.390. The summed E-state index contributed by atoms with van der Waals surface area (Å²) < 4.78 is 27.2. The summed E-state index contributed by atoms with van der Waals surface area (Å²) in [5.41, 5.74) is 0. The largest absolute Gasteiger partial charge is 0.384 e. The number of halogens is 1. The zero-order chi connectivity index (χ0) is 10.2. The second kappa shape index (κ2) is 7.76. The van der Waals surface area contributed by atoms with Crippen LogP contribution in [0.1, 0.15) is 19.3 Å². The van der Waals surface area contributed by atoms with Gasteiger partial charge in [-0.25, -0.2) is 8.42 Å². The maximum absolute atomic E-state index is 11.3. The van der Waals surface area contributed by atoms with E-state index in [1.807, 2.05) is 0 Å². The van der Waals surface area contributed by atoms with E-state index >= 15 is 0 Å². The van der Waals surface area contributed by atoms with Crippen LogP contribution in [-0.4, -0.2) is 39.0 Å². The second-order valence-electron chi connectivity index (χ2n) is 2.89. The average molecular weight is 273 g/mol. The van der Waals surface area contributed by atoms with Crippen LogP contribution in [0.5, 0.6) is 0 Å². The molecular weight excluding hydrogens is 256 g/mol. The molecule has 80 valence electrons. The number of rotatable bonds is 8. The topological polar surface area (TPSA) is 43.4 Å². The van der Waals surface area contributed by atoms with Crippen molar-refractivity contribution in [2.24, 2.45) is 0 Å². The summed E-state index contributed by atoms with van der Waals surface area (Å²) in [6, 6.07) is 0. The van der Waals surface area contributed by atoms with Gasteiger partial charge in [0.05, 0.1) is 18.1 Å². The van der Waals surface area contributed by atoms with Gasteiger partial charge < -0.3 is 4.74 Å². The van der Waals surface area contributed by atoms with E-state index in [9.17, 15) is 8.42 Å². The normalized spacial score (nSPS) is 11.8. The zero-order valence-electron chi connectivity index (χ0n) is 7.96. The molecule has 0 spiro atoms. The molecule has 0 saturated carbocycles. The highest BCUT2D eigenvalue weighted by atomic mass is 79.9. The predicted molar refractivity (Wildman–Crippen MR) is 58.2 cm³/mol. The fourth-order valence-corrected chi connectivity index (χ4v) is 2.57. The second-order valence-corrected chi connectivity index (χ2v) is 5.99. The van der Waals surface area contributed by atoms with Gasteiger partial charge >= 0.3 is 0 Å². The van der Waals surface area contributed by atoms with E-state index in [-0.39, 0.29) is 5.75 Å². The number of sulfone groups is 1. The molecule has 0 N–H and O–H groups in total. The van der Waals surface area contributed by atoms with Crippen molar-refractivity contribution in [2.75, 3.05) is 30.6 Å². The summed E-state index contributed by atoms with van der Waals surface area (Å²) in [7, 11) is -1.35. The molecule has 0 rings (SSSR count). The van der Waals surface area contributed by atoms with Crippen molar-refractivity contribution in [3.05, 3.63) is 0 Å². The maximum atomic E-state index is 11.3. The fourth-order valence-electron chi connectivity index (χ4n) is 0.906. The molecule has 0 heterocycles. The van der Waals surface area contributed by atoms with Gasteiger partial charge in [-0.15, -0.1) is 0 Å². The lowest BCUT2D eigenvalue weighted by Crippen LogP contribution is -2.14. The van der Waals surface area contributed by atoms with Gasteiger partial charge in [0.2, 0.25) is 0 Å². The molecule has 0 aliphatic carbocycles. The van der Waals surface area contributed by atoms with Crippen molar-refractivity contribution in [3.63, 3.8) is 0 Å². The van der Waals surface area contributed by atoms with Gasteiger partial charge in [0.15, 0.2) is 9.84 Å². The fraction of sp³-hybridized carbons (Fsp3) is 1.00. The Labute approximate surface area is 88.9 Å². The number of ether oxygens (including phenoxy) is 1. The number of hydrogen-bond donors (Lipinski definition) is 0. The van der Waals surface area contributed by atoms with Gasteiger partial charge in [-0.1, -0.05) is 22.4 Å². The molecule has 0 radical (unpaired) electrons. The molecule has 0 bridgehead atoms. The van der Waals surface area contributed by atoms with E-state index in [0.717, 1.165) is 24.6 Å². The molecule has 3 nitrogen and oxygen atoms in total. The van der Waals surface area contributed by atoms with Gasteiger partial charge in [0.1, 0.15) is 0 Å². The van der Waals surface area contributed by atoms with Crippen LogP contribution in [-0.2, 0) is 14.6 Å². The maximum Gasteiger partial charge on any atom is 0.152 e. The van der Waals surface area contributed by atoms with Crippen LogP contribution in [0, 0.1) is 0 Å². The molecular formula is C8H17BrO3S. The van der Waals surface area contributed by atoms with Crippen LogP contribution in [0.3, 0.4) is 0 Å². The first-order chi connectivity index (χ1) is 6.12. The van der Waals surface area contributed by atoms with Crippen LogP contribution in [0.4, 0.5) is 0 Å². The van der Waals surface area contributed by atoms with E-state index in [1.165, 1.54) is 7.11 Å². The molecule has 5 heteroatoms. The molecule has 0 amide bonds. The molecule has 0 aromatic heterocycles. The number of unbranched alkanes of at least 4 members (excludes halogenated alkanes) is 2. The molecule has 0 unspecified atom stereocenters. The molecule has 0 aliphatic rings. The highest BCUT2D eigenvalue weighted by Gasteiger charge is 2.09. The highest BCUT2D eigenvalue weighted by Crippen LogP contribution is 2.02. The molecule has 0 aliphatic heterocycles. The van der Waals surface area contributed by atoms with E-state index < -0.39 is 9.84 Å². The number of alkyl halides is 1. The van der Waals surface area contributed by atoms with Gasteiger partial charge in [-0.3, -0.25) is 0 Å². The van der Waals surface area contributed by atoms with Crippen LogP contribution < -0.4 is 0 Å². The van der Waals surface area contributed by atoms with Crippen molar-refractivity contribution >= 4 is 25.8 Å². The van der Waals surface area contributed by atoms with E-state index in [0.29, 0.717) is 12.4 Å². The van der Waals surface area contributed by atoms with Crippen molar-refractivity contribution in [2.45, 2.75) is 19.3 Å². The first kappa shape index (κ1) is 13.4. The Balaban J connectivity index is 3.52. The summed E-state index contributed by atoms with van der Waals surface area (Å²) in [4.78, 5) is 0. The van der Waals surface area contributed by atoms with Gasteiger partial charge in [0.25, 0.3) is 0 Å². The van der Waals surface area contributed by atoms with Gasteiger partial charge in [-0.05, 0) is 12.8 Å². The first-order valence-electron chi connectivity index (χ1n) is 4.37. The lowest BCUT2D eigenvalue weighted by atomic mass is 10.3. The Bertz CT molecular complexity index is 201. The predicted octanol–water partition coefficient (Wildman–Crippen LogP) is 1.61. The Morgan fingerprint density at radius 2 is 1.85 bits per heavy atom. The third-order valence-electron chi connectivity index (χ3n) is 1.69. The Kier molecular flexibility index (Phi) is 8.00. The zero-order valence-corrected chi connectivity index (χ0v) is 10.4. The van der Waals surface area contributed by atoms with Gasteiger partial charge in [-0.2, -0.15) is 0 Å². The molecule has 0 fully saturated rings. The van der Waals surface area contributed by atoms with E-state index in [2.05, 4.69) is 15.9 Å². The minimum Gasteiger partial charge on any atom is -0.384 e. The van der Waals surface area contributed by atoms with Crippen molar-refractivity contribution in [1.82, 2.24) is 0 Å². The van der Waals surface area contributed by atoms with Crippen LogP contribution in [0.15, 0.2) is 0 Å². The molecule has 13 heavy (non-hydrogen) atoms. The number of methoxy groups -OCH3 is 1. The SMILES string of the molecule is COCCS(=O)(=O)CCCCCBr. The summed E-state index contributed by atoms with van der Waals surface area (Å²) in [5, 5.41) is 0.950. The summed E-state index contributed by atoms with van der Waals surface area (Å²) >= 11 is 3.30. The van der Waals surface area contributed by atoms with Crippen molar-refractivity contribution in [3.8, 4) is 0 Å². The lowest BCUT2D eigenvalue weighted by molar-refractivity contribution is 0.217. The Morgan fingerprint density at radius 1 is 1.15 bits per heavy atom. The standard InChI is InChI=1S/C8H17BrO3S/c1-12-6-8-13(10,11)7-4-2-3-5-9/h2-8H2,1H3. The minimum atomic E-state index is -2.86. The summed E-state index contributed by atoms with van der Waals surface area (Å²) in [5.74, 6) is 0.446. The quantitative estimate of drug-likeness (QED) is 0.498. The van der Waals surface area contributed by atoms with E-state index in [1.54, 1.807) is 0 Å². The Morgan fingerprint density at radius 3 is 2.38 bits per heavy atom. The minimum absolute atomic E-state index is 0.151. The first-order valence-corrected chi connectivity index (χ1v) is 7.32. The average Bonchev–Trinajstić information content (AvgIpc) is 2.09. The van der Waals surface area contributed by atoms with Crippen LogP contribution in [0.25, 0.3) is 0 Å². The van der Waals surface area contributed by atoms with Crippen molar-refractivity contribution in [1.29, 1.82) is 0 Å². The highest BCUT2D eigenvalue weighted by molar-refractivity contribution is 9.09. The van der Waals surface area contributed by atoms with Crippen LogP contribution in [0.2, 0.25) is 0 Å². The molecule has 0 aromatic rings. The molecule has 0 aromatic carbocycles. The number of hydrogen-bond acceptors (Lipinski definition) is 3. The van der Waals surface area contributed by atoms with Crippen molar-refractivity contribution < 1.29 is 13.2 Å². The van der Waals surface area contributed by atoms with Gasteiger partial charge in [0, 0.05) is 12.4 Å². The smallest absolute Gasteiger partial charge is 0.152 e.